The van der Waals surface area contributed by atoms with Crippen LogP contribution >= 0.6 is 15.9 Å². The standard InChI is InChI=1S/C14H10BrF2NO2/c15-8-1-6-11(12(17)7-8)13(14(19)20)18-10-4-2-9(16)3-5-10/h1-7,13,18H,(H,19,20). The minimum atomic E-state index is -1.26. The monoisotopic (exact) mass is 341 g/mol. The zero-order valence-electron chi connectivity index (χ0n) is 10.1. The van der Waals surface area contributed by atoms with Crippen molar-refractivity contribution in [3.63, 3.8) is 0 Å². The Balaban J connectivity index is 2.31. The first kappa shape index (κ1) is 14.5. The van der Waals surface area contributed by atoms with E-state index in [0.29, 0.717) is 10.2 Å². The Hall–Kier alpha value is -1.95. The first-order valence-corrected chi connectivity index (χ1v) is 6.46. The summed E-state index contributed by atoms with van der Waals surface area (Å²) in [6.07, 6.45) is 0. The fourth-order valence-corrected chi connectivity index (χ4v) is 2.05. The molecule has 2 aromatic rings. The summed E-state index contributed by atoms with van der Waals surface area (Å²) >= 11 is 3.11. The molecule has 0 saturated carbocycles. The lowest BCUT2D eigenvalue weighted by atomic mass is 10.1. The highest BCUT2D eigenvalue weighted by Gasteiger charge is 2.23. The van der Waals surface area contributed by atoms with Crippen LogP contribution in [0.4, 0.5) is 14.5 Å². The smallest absolute Gasteiger partial charge is 0.330 e. The third kappa shape index (κ3) is 3.33. The maximum absolute atomic E-state index is 13.8. The second kappa shape index (κ2) is 6.00. The largest absolute Gasteiger partial charge is 0.479 e. The summed E-state index contributed by atoms with van der Waals surface area (Å²) in [6.45, 7) is 0. The predicted octanol–water partition coefficient (Wildman–Crippen LogP) is 3.97. The molecule has 3 nitrogen and oxygen atoms in total. The van der Waals surface area contributed by atoms with E-state index in [0.717, 1.165) is 0 Å². The molecule has 0 fully saturated rings. The van der Waals surface area contributed by atoms with E-state index in [-0.39, 0.29) is 5.56 Å². The molecule has 2 rings (SSSR count). The molecule has 20 heavy (non-hydrogen) atoms. The van der Waals surface area contributed by atoms with Gasteiger partial charge in [-0.15, -0.1) is 0 Å². The zero-order valence-corrected chi connectivity index (χ0v) is 11.7. The van der Waals surface area contributed by atoms with Gasteiger partial charge in [-0.2, -0.15) is 0 Å². The van der Waals surface area contributed by atoms with E-state index in [4.69, 9.17) is 0 Å². The van der Waals surface area contributed by atoms with Gasteiger partial charge in [0.2, 0.25) is 0 Å². The number of anilines is 1. The number of halogens is 3. The summed E-state index contributed by atoms with van der Waals surface area (Å²) in [7, 11) is 0. The summed E-state index contributed by atoms with van der Waals surface area (Å²) < 4.78 is 27.2. The maximum Gasteiger partial charge on any atom is 0.330 e. The Bertz CT molecular complexity index is 632. The van der Waals surface area contributed by atoms with Gasteiger partial charge in [0, 0.05) is 15.7 Å². The molecule has 0 aliphatic heterocycles. The van der Waals surface area contributed by atoms with Crippen molar-refractivity contribution in [1.29, 1.82) is 0 Å². The number of carboxylic acids is 1. The van der Waals surface area contributed by atoms with Crippen LogP contribution in [0.25, 0.3) is 0 Å². The van der Waals surface area contributed by atoms with Crippen molar-refractivity contribution in [2.45, 2.75) is 6.04 Å². The van der Waals surface area contributed by atoms with E-state index in [1.165, 1.54) is 36.4 Å². The van der Waals surface area contributed by atoms with Crippen LogP contribution in [0, 0.1) is 11.6 Å². The Kier molecular flexibility index (Phi) is 4.34. The SMILES string of the molecule is O=C(O)C(Nc1ccc(F)cc1)c1ccc(Br)cc1F. The van der Waals surface area contributed by atoms with Crippen molar-refractivity contribution in [3.8, 4) is 0 Å². The van der Waals surface area contributed by atoms with Crippen LogP contribution in [0.15, 0.2) is 46.9 Å². The highest BCUT2D eigenvalue weighted by atomic mass is 79.9. The van der Waals surface area contributed by atoms with Crippen molar-refractivity contribution in [2.24, 2.45) is 0 Å². The van der Waals surface area contributed by atoms with Gasteiger partial charge in [0.05, 0.1) is 0 Å². The van der Waals surface area contributed by atoms with E-state index in [2.05, 4.69) is 21.2 Å². The molecule has 1 atom stereocenters. The van der Waals surface area contributed by atoms with Gasteiger partial charge in [-0.3, -0.25) is 0 Å². The molecular formula is C14H10BrF2NO2. The second-order valence-electron chi connectivity index (χ2n) is 4.09. The minimum absolute atomic E-state index is 0.00465. The molecule has 0 amide bonds. The highest BCUT2D eigenvalue weighted by Crippen LogP contribution is 2.25. The number of rotatable bonds is 4. The number of carbonyl (C=O) groups is 1. The van der Waals surface area contributed by atoms with E-state index < -0.39 is 23.6 Å². The zero-order chi connectivity index (χ0) is 14.7. The summed E-state index contributed by atoms with van der Waals surface area (Å²) in [6, 6.07) is 8.05. The van der Waals surface area contributed by atoms with Crippen molar-refractivity contribution < 1.29 is 18.7 Å². The first-order chi connectivity index (χ1) is 9.47. The number of nitrogens with one attached hydrogen (secondary N) is 1. The Morgan fingerprint density at radius 2 is 1.80 bits per heavy atom. The lowest BCUT2D eigenvalue weighted by molar-refractivity contribution is -0.138. The first-order valence-electron chi connectivity index (χ1n) is 5.67. The molecule has 0 bridgehead atoms. The molecule has 0 aromatic heterocycles. The average molecular weight is 342 g/mol. The van der Waals surface area contributed by atoms with Crippen LogP contribution in [0.2, 0.25) is 0 Å². The van der Waals surface area contributed by atoms with Gasteiger partial charge in [0.15, 0.2) is 6.04 Å². The average Bonchev–Trinajstić information content (AvgIpc) is 2.39. The van der Waals surface area contributed by atoms with Gasteiger partial charge in [0.25, 0.3) is 0 Å². The summed E-state index contributed by atoms with van der Waals surface area (Å²) in [4.78, 5) is 11.3. The Morgan fingerprint density at radius 3 is 2.35 bits per heavy atom. The minimum Gasteiger partial charge on any atom is -0.479 e. The number of carboxylic acid groups (broad SMARTS) is 1. The van der Waals surface area contributed by atoms with Gasteiger partial charge in [0.1, 0.15) is 11.6 Å². The molecule has 0 aliphatic carbocycles. The molecule has 0 spiro atoms. The Morgan fingerprint density at radius 1 is 1.15 bits per heavy atom. The van der Waals surface area contributed by atoms with Crippen LogP contribution in [-0.2, 0) is 4.79 Å². The molecule has 0 saturated heterocycles. The number of hydrogen-bond acceptors (Lipinski definition) is 2. The van der Waals surface area contributed by atoms with Gasteiger partial charge in [-0.1, -0.05) is 22.0 Å². The molecular weight excluding hydrogens is 332 g/mol. The van der Waals surface area contributed by atoms with E-state index in [1.807, 2.05) is 0 Å². The third-order valence-corrected chi connectivity index (χ3v) is 3.17. The van der Waals surface area contributed by atoms with Gasteiger partial charge < -0.3 is 10.4 Å². The van der Waals surface area contributed by atoms with Gasteiger partial charge in [-0.25, -0.2) is 13.6 Å². The third-order valence-electron chi connectivity index (χ3n) is 2.68. The number of aliphatic carboxylic acids is 1. The maximum atomic E-state index is 13.8. The van der Waals surface area contributed by atoms with Crippen molar-refractivity contribution in [1.82, 2.24) is 0 Å². The predicted molar refractivity (Wildman–Crippen MR) is 74.5 cm³/mol. The summed E-state index contributed by atoms with van der Waals surface area (Å²) in [5, 5.41) is 11.9. The molecule has 104 valence electrons. The summed E-state index contributed by atoms with van der Waals surface area (Å²) in [5.74, 6) is -2.30. The van der Waals surface area contributed by atoms with Crippen LogP contribution in [0.3, 0.4) is 0 Å². The fraction of sp³-hybridized carbons (Fsp3) is 0.0714. The molecule has 0 heterocycles. The van der Waals surface area contributed by atoms with E-state index in [1.54, 1.807) is 6.07 Å². The van der Waals surface area contributed by atoms with Crippen LogP contribution in [0.1, 0.15) is 11.6 Å². The van der Waals surface area contributed by atoms with Crippen molar-refractivity contribution in [2.75, 3.05) is 5.32 Å². The van der Waals surface area contributed by atoms with Crippen LogP contribution in [0.5, 0.6) is 0 Å². The normalized spacial score (nSPS) is 11.9. The van der Waals surface area contributed by atoms with E-state index in [9.17, 15) is 18.7 Å². The lowest BCUT2D eigenvalue weighted by Gasteiger charge is -2.17. The molecule has 0 radical (unpaired) electrons. The molecule has 1 unspecified atom stereocenters. The van der Waals surface area contributed by atoms with Gasteiger partial charge in [-0.05, 0) is 36.4 Å². The van der Waals surface area contributed by atoms with E-state index >= 15 is 0 Å². The molecule has 0 aliphatic rings. The summed E-state index contributed by atoms with van der Waals surface area (Å²) in [5.41, 5.74) is 0.395. The van der Waals surface area contributed by atoms with Crippen molar-refractivity contribution in [3.05, 3.63) is 64.1 Å². The van der Waals surface area contributed by atoms with Crippen LogP contribution in [-0.4, -0.2) is 11.1 Å². The Labute approximate surface area is 122 Å². The fourth-order valence-electron chi connectivity index (χ4n) is 1.72. The molecule has 2 N–H and O–H groups in total. The highest BCUT2D eigenvalue weighted by molar-refractivity contribution is 9.10. The topological polar surface area (TPSA) is 49.3 Å². The second-order valence-corrected chi connectivity index (χ2v) is 5.00. The molecule has 6 heteroatoms. The van der Waals surface area contributed by atoms with Crippen molar-refractivity contribution >= 4 is 27.6 Å². The van der Waals surface area contributed by atoms with Gasteiger partial charge >= 0.3 is 5.97 Å². The lowest BCUT2D eigenvalue weighted by Crippen LogP contribution is -2.21. The quantitative estimate of drug-likeness (QED) is 0.884. The number of benzene rings is 2. The van der Waals surface area contributed by atoms with Crippen LogP contribution < -0.4 is 5.32 Å². The molecule has 2 aromatic carbocycles. The number of hydrogen-bond donors (Lipinski definition) is 2.